The van der Waals surface area contributed by atoms with Gasteiger partial charge in [-0.15, -0.1) is 0 Å². The Morgan fingerprint density at radius 2 is 1.75 bits per heavy atom. The third kappa shape index (κ3) is 5.47. The minimum atomic E-state index is -0.947. The normalized spacial score (nSPS) is 15.2. The van der Waals surface area contributed by atoms with E-state index in [1.54, 1.807) is 18.2 Å². The molecule has 36 heavy (non-hydrogen) atoms. The fraction of sp³-hybridized carbons (Fsp3) is 0.214. The summed E-state index contributed by atoms with van der Waals surface area (Å²) in [6.07, 6.45) is 0.338. The molecule has 4 rings (SSSR count). The molecule has 1 saturated heterocycles. The molecule has 1 atom stereocenters. The number of halogens is 1. The lowest BCUT2D eigenvalue weighted by molar-refractivity contribution is -0.132. The Hall–Kier alpha value is -3.97. The molecule has 184 valence electrons. The van der Waals surface area contributed by atoms with E-state index in [0.717, 1.165) is 16.0 Å². The molecule has 0 bridgehead atoms. The smallest absolute Gasteiger partial charge is 0.308 e. The molecule has 3 aromatic rings. The van der Waals surface area contributed by atoms with Gasteiger partial charge in [0.05, 0.1) is 12.1 Å². The molecule has 0 saturated carbocycles. The van der Waals surface area contributed by atoms with Crippen LogP contribution in [0, 0.1) is 6.92 Å². The largest absolute Gasteiger partial charge is 0.427 e. The predicted octanol–water partition coefficient (Wildman–Crippen LogP) is 4.59. The summed E-state index contributed by atoms with van der Waals surface area (Å²) in [7, 11) is 0. The van der Waals surface area contributed by atoms with E-state index in [2.05, 4.69) is 0 Å². The van der Waals surface area contributed by atoms with Crippen LogP contribution in [0.4, 0.5) is 5.69 Å². The van der Waals surface area contributed by atoms with Gasteiger partial charge in [-0.25, -0.2) is 4.90 Å². The van der Waals surface area contributed by atoms with Gasteiger partial charge in [0.1, 0.15) is 11.8 Å². The summed E-state index contributed by atoms with van der Waals surface area (Å²) >= 11 is 6.12. The van der Waals surface area contributed by atoms with Gasteiger partial charge in [-0.05, 0) is 66.9 Å². The lowest BCUT2D eigenvalue weighted by Crippen LogP contribution is -2.46. The number of esters is 1. The highest BCUT2D eigenvalue weighted by Gasteiger charge is 2.44. The van der Waals surface area contributed by atoms with Gasteiger partial charge in [-0.2, -0.15) is 0 Å². The second-order valence-corrected chi connectivity index (χ2v) is 9.00. The van der Waals surface area contributed by atoms with E-state index in [0.29, 0.717) is 28.4 Å². The van der Waals surface area contributed by atoms with Crippen LogP contribution in [-0.2, 0) is 20.8 Å². The summed E-state index contributed by atoms with van der Waals surface area (Å²) in [6, 6.07) is 19.6. The first-order valence-corrected chi connectivity index (χ1v) is 11.9. The Balaban J connectivity index is 1.62. The van der Waals surface area contributed by atoms with E-state index >= 15 is 0 Å². The Labute approximate surface area is 214 Å². The molecule has 1 unspecified atom stereocenters. The number of carbonyl (C=O) groups is 4. The zero-order valence-corrected chi connectivity index (χ0v) is 20.7. The molecule has 3 aromatic carbocycles. The number of carbonyl (C=O) groups excluding carboxylic acids is 4. The van der Waals surface area contributed by atoms with Gasteiger partial charge in [0.2, 0.25) is 5.91 Å². The van der Waals surface area contributed by atoms with E-state index in [4.69, 9.17) is 16.3 Å². The minimum Gasteiger partial charge on any atom is -0.427 e. The zero-order valence-electron chi connectivity index (χ0n) is 19.9. The number of anilines is 1. The Kier molecular flexibility index (Phi) is 7.50. The van der Waals surface area contributed by atoms with Gasteiger partial charge in [0.15, 0.2) is 0 Å². The number of aryl methyl sites for hydroxylation is 1. The van der Waals surface area contributed by atoms with Crippen molar-refractivity contribution in [3.05, 3.63) is 94.5 Å². The molecule has 1 aliphatic rings. The van der Waals surface area contributed by atoms with Gasteiger partial charge in [0.25, 0.3) is 11.8 Å². The summed E-state index contributed by atoms with van der Waals surface area (Å²) < 4.78 is 5.03. The van der Waals surface area contributed by atoms with Crippen LogP contribution in [0.15, 0.2) is 72.8 Å². The van der Waals surface area contributed by atoms with Crippen LogP contribution < -0.4 is 9.64 Å². The number of amides is 3. The number of hydrogen-bond acceptors (Lipinski definition) is 5. The molecule has 0 aromatic heterocycles. The summed E-state index contributed by atoms with van der Waals surface area (Å²) in [6.45, 7) is 3.35. The summed E-state index contributed by atoms with van der Waals surface area (Å²) in [4.78, 5) is 53.9. The van der Waals surface area contributed by atoms with Gasteiger partial charge < -0.3 is 9.64 Å². The Morgan fingerprint density at radius 1 is 1.03 bits per heavy atom. The molecule has 8 heteroatoms. The average Bonchev–Trinajstić information content (AvgIpc) is 3.13. The number of imide groups is 1. The number of ether oxygens (including phenoxy) is 1. The third-order valence-corrected chi connectivity index (χ3v) is 6.26. The minimum absolute atomic E-state index is 0.127. The van der Waals surface area contributed by atoms with Crippen LogP contribution in [0.1, 0.15) is 34.8 Å². The standard InChI is InChI=1S/C28H25ClN2O5/c1-18-6-3-4-9-24(18)27(34)30(15-14-20-7-5-8-21(29)16-20)25-17-26(33)31(28(25)35)22-10-12-23(13-11-22)36-19(2)32/h3-13,16,25H,14-15,17H2,1-2H3. The van der Waals surface area contributed by atoms with Crippen molar-refractivity contribution < 1.29 is 23.9 Å². The van der Waals surface area contributed by atoms with Crippen LogP contribution in [0.25, 0.3) is 0 Å². The second kappa shape index (κ2) is 10.7. The monoisotopic (exact) mass is 504 g/mol. The first kappa shape index (κ1) is 25.1. The lowest BCUT2D eigenvalue weighted by Gasteiger charge is -2.28. The van der Waals surface area contributed by atoms with E-state index < -0.39 is 23.8 Å². The summed E-state index contributed by atoms with van der Waals surface area (Å²) in [5.41, 5.74) is 2.53. The molecule has 0 spiro atoms. The molecule has 0 radical (unpaired) electrons. The Bertz CT molecular complexity index is 1320. The van der Waals surface area contributed by atoms with E-state index in [1.807, 2.05) is 37.3 Å². The zero-order chi connectivity index (χ0) is 25.8. The number of benzene rings is 3. The lowest BCUT2D eigenvalue weighted by atomic mass is 10.0. The first-order valence-electron chi connectivity index (χ1n) is 11.5. The third-order valence-electron chi connectivity index (χ3n) is 6.02. The maximum Gasteiger partial charge on any atom is 0.308 e. The van der Waals surface area contributed by atoms with Crippen LogP contribution >= 0.6 is 11.6 Å². The molecule has 1 heterocycles. The Morgan fingerprint density at radius 3 is 2.42 bits per heavy atom. The van der Waals surface area contributed by atoms with Crippen molar-refractivity contribution in [3.63, 3.8) is 0 Å². The van der Waals surface area contributed by atoms with Crippen molar-refractivity contribution in [2.75, 3.05) is 11.4 Å². The van der Waals surface area contributed by atoms with E-state index in [1.165, 1.54) is 36.1 Å². The van der Waals surface area contributed by atoms with Crippen molar-refractivity contribution in [3.8, 4) is 5.75 Å². The van der Waals surface area contributed by atoms with Crippen LogP contribution in [0.2, 0.25) is 5.02 Å². The fourth-order valence-electron chi connectivity index (χ4n) is 4.27. The summed E-state index contributed by atoms with van der Waals surface area (Å²) in [5.74, 6) is -1.36. The molecule has 0 aliphatic carbocycles. The highest BCUT2D eigenvalue weighted by atomic mass is 35.5. The molecule has 0 N–H and O–H groups in total. The average molecular weight is 505 g/mol. The summed E-state index contributed by atoms with van der Waals surface area (Å²) in [5, 5.41) is 0.583. The topological polar surface area (TPSA) is 84.0 Å². The van der Waals surface area contributed by atoms with Crippen LogP contribution in [-0.4, -0.2) is 41.2 Å². The maximum absolute atomic E-state index is 13.7. The maximum atomic E-state index is 13.7. The van der Waals surface area contributed by atoms with Crippen molar-refractivity contribution in [1.29, 1.82) is 0 Å². The van der Waals surface area contributed by atoms with Crippen LogP contribution in [0.3, 0.4) is 0 Å². The number of nitrogens with zero attached hydrogens (tertiary/aromatic N) is 2. The molecule has 3 amide bonds. The highest BCUT2D eigenvalue weighted by Crippen LogP contribution is 2.29. The highest BCUT2D eigenvalue weighted by molar-refractivity contribution is 6.30. The van der Waals surface area contributed by atoms with Gasteiger partial charge >= 0.3 is 5.97 Å². The first-order chi connectivity index (χ1) is 17.2. The van der Waals surface area contributed by atoms with Crippen molar-refractivity contribution in [1.82, 2.24) is 4.90 Å². The van der Waals surface area contributed by atoms with Crippen molar-refractivity contribution in [2.24, 2.45) is 0 Å². The van der Waals surface area contributed by atoms with Crippen LogP contribution in [0.5, 0.6) is 5.75 Å². The molecule has 1 fully saturated rings. The van der Waals surface area contributed by atoms with Gasteiger partial charge in [0, 0.05) is 24.1 Å². The number of rotatable bonds is 7. The molecule has 1 aliphatic heterocycles. The number of hydrogen-bond donors (Lipinski definition) is 0. The second-order valence-electron chi connectivity index (χ2n) is 8.57. The van der Waals surface area contributed by atoms with Crippen molar-refractivity contribution >= 4 is 41.0 Å². The predicted molar refractivity (Wildman–Crippen MR) is 136 cm³/mol. The molecular formula is C28H25ClN2O5. The molecular weight excluding hydrogens is 480 g/mol. The van der Waals surface area contributed by atoms with E-state index in [9.17, 15) is 19.2 Å². The van der Waals surface area contributed by atoms with Crippen molar-refractivity contribution in [2.45, 2.75) is 32.7 Å². The SMILES string of the molecule is CC(=O)Oc1ccc(N2C(=O)CC(N(CCc3cccc(Cl)c3)C(=O)c3ccccc3C)C2=O)cc1. The molecule has 7 nitrogen and oxygen atoms in total. The van der Waals surface area contributed by atoms with Gasteiger partial charge in [-0.1, -0.05) is 41.9 Å². The fourth-order valence-corrected chi connectivity index (χ4v) is 4.48. The van der Waals surface area contributed by atoms with Gasteiger partial charge in [-0.3, -0.25) is 19.2 Å². The quantitative estimate of drug-likeness (QED) is 0.267. The van der Waals surface area contributed by atoms with E-state index in [-0.39, 0.29) is 18.9 Å².